The zero-order valence-electron chi connectivity index (χ0n) is 10.2. The predicted molar refractivity (Wildman–Crippen MR) is 81.1 cm³/mol. The van der Waals surface area contributed by atoms with Gasteiger partial charge in [0.25, 0.3) is 0 Å². The minimum Gasteiger partial charge on any atom is -0.369 e. The minimum atomic E-state index is -0.799. The van der Waals surface area contributed by atoms with E-state index in [1.165, 1.54) is 18.2 Å². The summed E-state index contributed by atoms with van der Waals surface area (Å²) in [5, 5.41) is 3.43. The number of primary amides is 1. The molecule has 2 aromatic carbocycles. The molecule has 0 heterocycles. The molecule has 0 aliphatic rings. The summed E-state index contributed by atoms with van der Waals surface area (Å²) in [6.07, 6.45) is 0. The normalized spacial score (nSPS) is 11.9. The first-order valence-corrected chi connectivity index (χ1v) is 6.91. The van der Waals surface area contributed by atoms with E-state index in [0.717, 1.165) is 0 Å². The van der Waals surface area contributed by atoms with E-state index in [1.807, 2.05) is 0 Å². The van der Waals surface area contributed by atoms with Crippen LogP contribution >= 0.6 is 27.5 Å². The van der Waals surface area contributed by atoms with Crippen molar-refractivity contribution in [1.29, 1.82) is 0 Å². The van der Waals surface area contributed by atoms with Crippen LogP contribution in [0.25, 0.3) is 0 Å². The molecule has 2 aromatic rings. The number of benzene rings is 2. The van der Waals surface area contributed by atoms with Gasteiger partial charge in [0.05, 0.1) is 15.2 Å². The van der Waals surface area contributed by atoms with Crippen molar-refractivity contribution in [2.45, 2.75) is 6.04 Å². The van der Waals surface area contributed by atoms with Gasteiger partial charge in [-0.05, 0) is 45.8 Å². The number of nitrogens with one attached hydrogen (secondary N) is 1. The maximum atomic E-state index is 13.2. The van der Waals surface area contributed by atoms with Crippen LogP contribution in [0.15, 0.2) is 46.9 Å². The smallest absolute Gasteiger partial charge is 0.244 e. The Morgan fingerprint density at radius 2 is 2.00 bits per heavy atom. The number of carbonyl (C=O) groups excluding carboxylic acids is 1. The van der Waals surface area contributed by atoms with Gasteiger partial charge in [-0.15, -0.1) is 0 Å². The van der Waals surface area contributed by atoms with Crippen LogP contribution in [-0.2, 0) is 4.79 Å². The van der Waals surface area contributed by atoms with E-state index >= 15 is 0 Å². The van der Waals surface area contributed by atoms with Crippen molar-refractivity contribution < 1.29 is 9.18 Å². The summed E-state index contributed by atoms with van der Waals surface area (Å²) in [5.41, 5.74) is 6.53. The Hall–Kier alpha value is -1.59. The second-order valence-electron chi connectivity index (χ2n) is 4.13. The summed E-state index contributed by atoms with van der Waals surface area (Å²) >= 11 is 9.12. The monoisotopic (exact) mass is 356 g/mol. The standard InChI is InChI=1S/C14H11BrClFN2O/c15-9-7-8(5-6-11(9)17)13(14(18)20)19-12-4-2-1-3-10(12)16/h1-7,13,19H,(H2,18,20). The van der Waals surface area contributed by atoms with Crippen molar-refractivity contribution in [3.8, 4) is 0 Å². The van der Waals surface area contributed by atoms with E-state index < -0.39 is 17.8 Å². The largest absolute Gasteiger partial charge is 0.369 e. The van der Waals surface area contributed by atoms with Crippen LogP contribution in [0.4, 0.5) is 10.1 Å². The molecule has 0 aliphatic heterocycles. The van der Waals surface area contributed by atoms with Crippen molar-refractivity contribution in [1.82, 2.24) is 0 Å². The highest BCUT2D eigenvalue weighted by molar-refractivity contribution is 9.10. The summed E-state index contributed by atoms with van der Waals surface area (Å²) in [7, 11) is 0. The minimum absolute atomic E-state index is 0.266. The van der Waals surface area contributed by atoms with Gasteiger partial charge in [0.1, 0.15) is 11.9 Å². The highest BCUT2D eigenvalue weighted by atomic mass is 79.9. The third kappa shape index (κ3) is 3.29. The fourth-order valence-corrected chi connectivity index (χ4v) is 2.33. The third-order valence-electron chi connectivity index (χ3n) is 2.74. The Balaban J connectivity index is 2.34. The number of para-hydroxylation sites is 1. The molecule has 0 saturated heterocycles. The van der Waals surface area contributed by atoms with Crippen LogP contribution in [0, 0.1) is 5.82 Å². The summed E-state index contributed by atoms with van der Waals surface area (Å²) in [6.45, 7) is 0. The summed E-state index contributed by atoms with van der Waals surface area (Å²) in [6, 6.07) is 10.5. The van der Waals surface area contributed by atoms with Gasteiger partial charge in [-0.2, -0.15) is 0 Å². The first-order valence-electron chi connectivity index (χ1n) is 5.74. The van der Waals surface area contributed by atoms with E-state index in [2.05, 4.69) is 21.2 Å². The van der Waals surface area contributed by atoms with Crippen LogP contribution in [0.2, 0.25) is 5.02 Å². The number of rotatable bonds is 4. The van der Waals surface area contributed by atoms with Gasteiger partial charge in [0, 0.05) is 0 Å². The van der Waals surface area contributed by atoms with E-state index in [1.54, 1.807) is 24.3 Å². The van der Waals surface area contributed by atoms with Crippen molar-refractivity contribution in [3.05, 3.63) is 63.3 Å². The predicted octanol–water partition coefficient (Wildman–Crippen LogP) is 3.88. The SMILES string of the molecule is NC(=O)C(Nc1ccccc1Cl)c1ccc(F)c(Br)c1. The van der Waals surface area contributed by atoms with E-state index in [9.17, 15) is 9.18 Å². The van der Waals surface area contributed by atoms with Crippen LogP contribution in [0.3, 0.4) is 0 Å². The third-order valence-corrected chi connectivity index (χ3v) is 3.67. The van der Waals surface area contributed by atoms with Gasteiger partial charge >= 0.3 is 0 Å². The molecule has 0 fully saturated rings. The number of carbonyl (C=O) groups is 1. The number of nitrogens with two attached hydrogens (primary N) is 1. The average molecular weight is 358 g/mol. The van der Waals surface area contributed by atoms with Gasteiger partial charge in [-0.1, -0.05) is 29.8 Å². The molecule has 1 amide bonds. The number of anilines is 1. The Bertz CT molecular complexity index is 651. The van der Waals surface area contributed by atoms with Gasteiger partial charge in [-0.3, -0.25) is 4.79 Å². The first-order chi connectivity index (χ1) is 9.49. The lowest BCUT2D eigenvalue weighted by Crippen LogP contribution is -2.27. The van der Waals surface area contributed by atoms with Gasteiger partial charge in [-0.25, -0.2) is 4.39 Å². The number of hydrogen-bond donors (Lipinski definition) is 2. The maximum absolute atomic E-state index is 13.2. The Morgan fingerprint density at radius 3 is 2.60 bits per heavy atom. The highest BCUT2D eigenvalue weighted by Crippen LogP contribution is 2.27. The Morgan fingerprint density at radius 1 is 1.30 bits per heavy atom. The summed E-state index contributed by atoms with van der Waals surface area (Å²) in [5.74, 6) is -0.988. The average Bonchev–Trinajstić information content (AvgIpc) is 2.41. The van der Waals surface area contributed by atoms with Crippen molar-refractivity contribution in [2.24, 2.45) is 5.73 Å². The quantitative estimate of drug-likeness (QED) is 0.872. The molecule has 3 nitrogen and oxygen atoms in total. The highest BCUT2D eigenvalue weighted by Gasteiger charge is 2.19. The van der Waals surface area contributed by atoms with E-state index in [4.69, 9.17) is 17.3 Å². The summed E-state index contributed by atoms with van der Waals surface area (Å²) < 4.78 is 13.5. The molecule has 0 aromatic heterocycles. The molecule has 0 aliphatic carbocycles. The van der Waals surface area contributed by atoms with Crippen LogP contribution < -0.4 is 11.1 Å². The zero-order chi connectivity index (χ0) is 14.7. The van der Waals surface area contributed by atoms with Gasteiger partial charge < -0.3 is 11.1 Å². The first kappa shape index (κ1) is 14.8. The Kier molecular flexibility index (Phi) is 4.62. The molecular weight excluding hydrogens is 347 g/mol. The van der Waals surface area contributed by atoms with Crippen molar-refractivity contribution in [3.63, 3.8) is 0 Å². The molecule has 0 spiro atoms. The van der Waals surface area contributed by atoms with Crippen molar-refractivity contribution >= 4 is 39.1 Å². The number of amides is 1. The van der Waals surface area contributed by atoms with Gasteiger partial charge in [0.15, 0.2) is 0 Å². The van der Waals surface area contributed by atoms with Gasteiger partial charge in [0.2, 0.25) is 5.91 Å². The molecular formula is C14H11BrClFN2O. The van der Waals surface area contributed by atoms with E-state index in [-0.39, 0.29) is 4.47 Å². The Labute approximate surface area is 129 Å². The van der Waals surface area contributed by atoms with E-state index in [0.29, 0.717) is 16.3 Å². The fourth-order valence-electron chi connectivity index (χ4n) is 1.74. The molecule has 0 saturated carbocycles. The lowest BCUT2D eigenvalue weighted by Gasteiger charge is -2.18. The second kappa shape index (κ2) is 6.24. The van der Waals surface area contributed by atoms with Crippen LogP contribution in [0.1, 0.15) is 11.6 Å². The summed E-state index contributed by atoms with van der Waals surface area (Å²) in [4.78, 5) is 11.6. The fraction of sp³-hybridized carbons (Fsp3) is 0.0714. The molecule has 2 rings (SSSR count). The molecule has 20 heavy (non-hydrogen) atoms. The lowest BCUT2D eigenvalue weighted by atomic mass is 10.1. The molecule has 104 valence electrons. The second-order valence-corrected chi connectivity index (χ2v) is 5.39. The zero-order valence-corrected chi connectivity index (χ0v) is 12.6. The van der Waals surface area contributed by atoms with Crippen molar-refractivity contribution in [2.75, 3.05) is 5.32 Å². The lowest BCUT2D eigenvalue weighted by molar-refractivity contribution is -0.118. The number of hydrogen-bond acceptors (Lipinski definition) is 2. The van der Waals surface area contributed by atoms with Crippen LogP contribution in [0.5, 0.6) is 0 Å². The van der Waals surface area contributed by atoms with Crippen LogP contribution in [-0.4, -0.2) is 5.91 Å². The maximum Gasteiger partial charge on any atom is 0.244 e. The topological polar surface area (TPSA) is 55.1 Å². The molecule has 0 radical (unpaired) electrons. The number of halogens is 3. The molecule has 3 N–H and O–H groups in total. The molecule has 1 unspecified atom stereocenters. The molecule has 1 atom stereocenters. The molecule has 0 bridgehead atoms. The molecule has 6 heteroatoms.